The summed E-state index contributed by atoms with van der Waals surface area (Å²) in [7, 11) is 0. The molecule has 3 N–H and O–H groups in total. The number of amides is 1. The number of nitrogens with zero attached hydrogens (tertiary/aromatic N) is 3. The van der Waals surface area contributed by atoms with Crippen LogP contribution in [0.25, 0.3) is 11.4 Å². The number of thioether (sulfide) groups is 1. The van der Waals surface area contributed by atoms with Gasteiger partial charge in [-0.15, -0.1) is 10.2 Å². The first-order valence-corrected chi connectivity index (χ1v) is 9.89. The quantitative estimate of drug-likeness (QED) is 0.411. The lowest BCUT2D eigenvalue weighted by Crippen LogP contribution is -2.17. The molecule has 27 heavy (non-hydrogen) atoms. The van der Waals surface area contributed by atoms with Crippen LogP contribution in [0.2, 0.25) is 20.1 Å². The minimum absolute atomic E-state index is 0.0330. The first-order valence-electron chi connectivity index (χ1n) is 7.39. The molecule has 0 aliphatic heterocycles. The molecule has 140 valence electrons. The highest BCUT2D eigenvalue weighted by atomic mass is 35.5. The molecule has 0 aliphatic carbocycles. The maximum Gasteiger partial charge on any atom is 0.234 e. The summed E-state index contributed by atoms with van der Waals surface area (Å²) >= 11 is 25.3. The van der Waals surface area contributed by atoms with E-state index in [1.54, 1.807) is 36.4 Å². The Balaban J connectivity index is 1.70. The van der Waals surface area contributed by atoms with Crippen molar-refractivity contribution < 1.29 is 4.79 Å². The normalized spacial score (nSPS) is 10.8. The Morgan fingerprint density at radius 1 is 1.07 bits per heavy atom. The van der Waals surface area contributed by atoms with E-state index in [4.69, 9.17) is 52.2 Å². The van der Waals surface area contributed by atoms with Crippen LogP contribution in [0.15, 0.2) is 41.6 Å². The number of hydrogen-bond donors (Lipinski definition) is 2. The topological polar surface area (TPSA) is 85.8 Å². The molecule has 0 saturated heterocycles. The molecule has 1 amide bonds. The lowest BCUT2D eigenvalue weighted by Gasteiger charge is -2.09. The molecule has 0 radical (unpaired) electrons. The Bertz CT molecular complexity index is 990. The van der Waals surface area contributed by atoms with Crippen LogP contribution in [-0.4, -0.2) is 26.5 Å². The molecular formula is C16H11Cl4N5OS. The number of halogens is 4. The molecule has 0 fully saturated rings. The summed E-state index contributed by atoms with van der Waals surface area (Å²) < 4.78 is 1.26. The summed E-state index contributed by atoms with van der Waals surface area (Å²) in [5, 5.41) is 12.6. The van der Waals surface area contributed by atoms with Gasteiger partial charge in [-0.1, -0.05) is 64.2 Å². The number of aromatic nitrogens is 3. The van der Waals surface area contributed by atoms with E-state index < -0.39 is 0 Å². The van der Waals surface area contributed by atoms with Crippen molar-refractivity contribution in [2.75, 3.05) is 16.9 Å². The summed E-state index contributed by atoms with van der Waals surface area (Å²) in [5.41, 5.74) is 0.935. The van der Waals surface area contributed by atoms with Crippen LogP contribution >= 0.6 is 58.2 Å². The fourth-order valence-corrected chi connectivity index (χ4v) is 3.79. The van der Waals surface area contributed by atoms with Gasteiger partial charge in [0.2, 0.25) is 11.1 Å². The highest BCUT2D eigenvalue weighted by molar-refractivity contribution is 7.99. The number of nitrogens with two attached hydrogens (primary N) is 1. The van der Waals surface area contributed by atoms with Gasteiger partial charge in [0.15, 0.2) is 5.82 Å². The number of para-hydroxylation sites is 1. The molecule has 3 rings (SSSR count). The van der Waals surface area contributed by atoms with Gasteiger partial charge in [0.25, 0.3) is 0 Å². The molecule has 0 saturated carbocycles. The van der Waals surface area contributed by atoms with Crippen molar-refractivity contribution in [2.45, 2.75) is 5.16 Å². The molecule has 0 spiro atoms. The molecule has 0 atom stereocenters. The zero-order valence-electron chi connectivity index (χ0n) is 13.4. The second-order valence-electron chi connectivity index (χ2n) is 5.23. The first-order chi connectivity index (χ1) is 12.9. The van der Waals surface area contributed by atoms with Crippen LogP contribution in [-0.2, 0) is 4.79 Å². The second kappa shape index (κ2) is 8.58. The van der Waals surface area contributed by atoms with E-state index in [0.29, 0.717) is 42.3 Å². The Morgan fingerprint density at radius 3 is 2.44 bits per heavy atom. The molecule has 2 aromatic carbocycles. The third-order valence-corrected chi connectivity index (χ3v) is 5.52. The number of nitrogens with one attached hydrogen (secondary N) is 1. The second-order valence-corrected chi connectivity index (χ2v) is 7.83. The van der Waals surface area contributed by atoms with Crippen molar-refractivity contribution in [3.8, 4) is 11.4 Å². The van der Waals surface area contributed by atoms with Crippen molar-refractivity contribution in [2.24, 2.45) is 0 Å². The number of benzene rings is 2. The average molecular weight is 463 g/mol. The van der Waals surface area contributed by atoms with Crippen LogP contribution in [0.5, 0.6) is 0 Å². The Hall–Kier alpha value is -1.64. The van der Waals surface area contributed by atoms with Crippen LogP contribution < -0.4 is 11.2 Å². The van der Waals surface area contributed by atoms with Gasteiger partial charge in [-0.05, 0) is 30.3 Å². The number of carbonyl (C=O) groups is 1. The minimum atomic E-state index is -0.316. The lowest BCUT2D eigenvalue weighted by atomic mass is 10.2. The van der Waals surface area contributed by atoms with Gasteiger partial charge >= 0.3 is 0 Å². The summed E-state index contributed by atoms with van der Waals surface area (Å²) in [4.78, 5) is 12.2. The summed E-state index contributed by atoms with van der Waals surface area (Å²) in [6.07, 6.45) is 0. The van der Waals surface area contributed by atoms with E-state index in [9.17, 15) is 4.79 Å². The number of anilines is 1. The number of carbonyl (C=O) groups excluding carboxylic acids is 1. The molecule has 0 aliphatic rings. The van der Waals surface area contributed by atoms with E-state index in [-0.39, 0.29) is 11.7 Å². The maximum atomic E-state index is 12.2. The number of nitrogen functional groups attached to an aromatic ring is 1. The maximum absolute atomic E-state index is 12.2. The van der Waals surface area contributed by atoms with Gasteiger partial charge in [0.1, 0.15) is 0 Å². The minimum Gasteiger partial charge on any atom is -0.335 e. The van der Waals surface area contributed by atoms with Gasteiger partial charge in [-0.25, -0.2) is 4.68 Å². The fraction of sp³-hybridized carbons (Fsp3) is 0.0625. The molecular weight excluding hydrogens is 452 g/mol. The van der Waals surface area contributed by atoms with Gasteiger partial charge in [0, 0.05) is 10.6 Å². The Morgan fingerprint density at radius 2 is 1.78 bits per heavy atom. The molecule has 3 aromatic rings. The predicted molar refractivity (Wildman–Crippen MR) is 111 cm³/mol. The first kappa shape index (κ1) is 20.1. The van der Waals surface area contributed by atoms with Crippen molar-refractivity contribution in [1.82, 2.24) is 14.9 Å². The number of hydrogen-bond acceptors (Lipinski definition) is 5. The molecule has 1 heterocycles. The number of rotatable bonds is 5. The Kier molecular flexibility index (Phi) is 6.39. The third-order valence-electron chi connectivity index (χ3n) is 3.40. The van der Waals surface area contributed by atoms with Crippen LogP contribution in [0.1, 0.15) is 0 Å². The van der Waals surface area contributed by atoms with Gasteiger partial charge in [0.05, 0.1) is 26.5 Å². The van der Waals surface area contributed by atoms with Gasteiger partial charge in [-0.3, -0.25) is 4.79 Å². The lowest BCUT2D eigenvalue weighted by molar-refractivity contribution is -0.113. The van der Waals surface area contributed by atoms with Gasteiger partial charge < -0.3 is 11.2 Å². The summed E-state index contributed by atoms with van der Waals surface area (Å²) in [6.45, 7) is 0. The van der Waals surface area contributed by atoms with E-state index in [0.717, 1.165) is 11.8 Å². The summed E-state index contributed by atoms with van der Waals surface area (Å²) in [6, 6.07) is 9.91. The van der Waals surface area contributed by atoms with Crippen molar-refractivity contribution >= 4 is 69.8 Å². The SMILES string of the molecule is Nn1c(SCC(=O)Nc2c(Cl)cccc2Cl)nnc1-c1ccc(Cl)cc1Cl. The molecule has 6 nitrogen and oxygen atoms in total. The summed E-state index contributed by atoms with van der Waals surface area (Å²) in [5.74, 6) is 6.11. The molecule has 0 bridgehead atoms. The van der Waals surface area contributed by atoms with Crippen molar-refractivity contribution in [1.29, 1.82) is 0 Å². The zero-order chi connectivity index (χ0) is 19.6. The smallest absolute Gasteiger partial charge is 0.234 e. The standard InChI is InChI=1S/C16H11Cl4N5OS/c17-8-4-5-9(12(20)6-8)15-23-24-16(25(15)21)27-7-13(26)22-14-10(18)2-1-3-11(14)19/h1-6H,7,21H2,(H,22,26). The largest absolute Gasteiger partial charge is 0.335 e. The van der Waals surface area contributed by atoms with Crippen molar-refractivity contribution in [3.63, 3.8) is 0 Å². The van der Waals surface area contributed by atoms with E-state index in [2.05, 4.69) is 15.5 Å². The highest BCUT2D eigenvalue weighted by Gasteiger charge is 2.17. The molecule has 0 unspecified atom stereocenters. The van der Waals surface area contributed by atoms with E-state index in [1.165, 1.54) is 4.68 Å². The van der Waals surface area contributed by atoms with E-state index in [1.807, 2.05) is 0 Å². The predicted octanol–water partition coefficient (Wildman–Crippen LogP) is 5.00. The molecule has 1 aromatic heterocycles. The van der Waals surface area contributed by atoms with Crippen LogP contribution in [0, 0.1) is 0 Å². The molecule has 11 heteroatoms. The van der Waals surface area contributed by atoms with Gasteiger partial charge in [-0.2, -0.15) is 0 Å². The van der Waals surface area contributed by atoms with E-state index >= 15 is 0 Å². The average Bonchev–Trinajstić information content (AvgIpc) is 2.97. The Labute approximate surface area is 178 Å². The monoisotopic (exact) mass is 461 g/mol. The van der Waals surface area contributed by atoms with Crippen LogP contribution in [0.4, 0.5) is 5.69 Å². The highest BCUT2D eigenvalue weighted by Crippen LogP contribution is 2.31. The van der Waals surface area contributed by atoms with Crippen LogP contribution in [0.3, 0.4) is 0 Å². The zero-order valence-corrected chi connectivity index (χ0v) is 17.3. The fourth-order valence-electron chi connectivity index (χ4n) is 2.15. The third kappa shape index (κ3) is 4.62. The van der Waals surface area contributed by atoms with Crippen molar-refractivity contribution in [3.05, 3.63) is 56.5 Å².